The van der Waals surface area contributed by atoms with Crippen LogP contribution in [0.2, 0.25) is 0 Å². The normalized spacial score (nSPS) is 11.4. The zero-order valence-electron chi connectivity index (χ0n) is 12.3. The molecule has 1 aromatic carbocycles. The number of pyridine rings is 1. The summed E-state index contributed by atoms with van der Waals surface area (Å²) in [6, 6.07) is 8.57. The Morgan fingerprint density at radius 2 is 1.90 bits per heavy atom. The molecular weight excluding hydrogens is 286 g/mol. The van der Waals surface area contributed by atoms with Gasteiger partial charge < -0.3 is 5.32 Å². The first-order valence-corrected chi connectivity index (χ1v) is 8.10. The van der Waals surface area contributed by atoms with E-state index in [4.69, 9.17) is 0 Å². The summed E-state index contributed by atoms with van der Waals surface area (Å²) in [7, 11) is -1.77. The number of rotatable bonds is 5. The van der Waals surface area contributed by atoms with Crippen molar-refractivity contribution in [2.24, 2.45) is 0 Å². The maximum atomic E-state index is 12.4. The van der Waals surface area contributed by atoms with Crippen molar-refractivity contribution in [3.05, 3.63) is 53.3 Å². The Hall–Kier alpha value is -1.92. The van der Waals surface area contributed by atoms with Crippen molar-refractivity contribution in [2.45, 2.75) is 25.3 Å². The molecule has 0 saturated carbocycles. The van der Waals surface area contributed by atoms with E-state index >= 15 is 0 Å². The zero-order chi connectivity index (χ0) is 15.5. The summed E-state index contributed by atoms with van der Waals surface area (Å²) in [4.78, 5) is 4.33. The second-order valence-electron chi connectivity index (χ2n) is 4.91. The second kappa shape index (κ2) is 6.24. The number of hydrogen-bond donors (Lipinski definition) is 2. The molecule has 2 N–H and O–H groups in total. The van der Waals surface area contributed by atoms with Gasteiger partial charge in [0, 0.05) is 12.2 Å². The van der Waals surface area contributed by atoms with E-state index in [9.17, 15) is 8.42 Å². The topological polar surface area (TPSA) is 71.1 Å². The molecule has 1 aromatic heterocycles. The van der Waals surface area contributed by atoms with E-state index in [0.717, 1.165) is 16.8 Å². The van der Waals surface area contributed by atoms with Crippen LogP contribution in [-0.2, 0) is 16.6 Å². The highest BCUT2D eigenvalue weighted by Gasteiger charge is 2.15. The van der Waals surface area contributed by atoms with Gasteiger partial charge in [-0.3, -0.25) is 9.71 Å². The van der Waals surface area contributed by atoms with Crippen molar-refractivity contribution in [1.29, 1.82) is 0 Å². The summed E-state index contributed by atoms with van der Waals surface area (Å²) in [5, 5.41) is 3.03. The van der Waals surface area contributed by atoms with Crippen molar-refractivity contribution in [1.82, 2.24) is 10.3 Å². The highest BCUT2D eigenvalue weighted by molar-refractivity contribution is 7.92. The molecule has 1 heterocycles. The van der Waals surface area contributed by atoms with Gasteiger partial charge in [0.05, 0.1) is 16.8 Å². The predicted octanol–water partition coefficient (Wildman–Crippen LogP) is 2.22. The van der Waals surface area contributed by atoms with Crippen LogP contribution in [0.5, 0.6) is 0 Å². The monoisotopic (exact) mass is 305 g/mol. The van der Waals surface area contributed by atoms with Crippen molar-refractivity contribution in [2.75, 3.05) is 11.8 Å². The minimum absolute atomic E-state index is 0.249. The first kappa shape index (κ1) is 15.5. The molecule has 0 aliphatic rings. The van der Waals surface area contributed by atoms with Gasteiger partial charge in [0.1, 0.15) is 0 Å². The SMILES string of the molecule is CNCc1cc(S(=O)(=O)Nc2ccc(C)nc2)ccc1C. The van der Waals surface area contributed by atoms with E-state index in [0.29, 0.717) is 12.2 Å². The molecule has 6 heteroatoms. The van der Waals surface area contributed by atoms with Gasteiger partial charge in [-0.15, -0.1) is 0 Å². The van der Waals surface area contributed by atoms with Crippen LogP contribution >= 0.6 is 0 Å². The Morgan fingerprint density at radius 1 is 1.14 bits per heavy atom. The quantitative estimate of drug-likeness (QED) is 0.888. The minimum atomic E-state index is -3.60. The molecule has 112 valence electrons. The van der Waals surface area contributed by atoms with Crippen molar-refractivity contribution >= 4 is 15.7 Å². The van der Waals surface area contributed by atoms with E-state index in [2.05, 4.69) is 15.0 Å². The highest BCUT2D eigenvalue weighted by atomic mass is 32.2. The van der Waals surface area contributed by atoms with E-state index < -0.39 is 10.0 Å². The molecule has 0 radical (unpaired) electrons. The lowest BCUT2D eigenvalue weighted by Gasteiger charge is -2.11. The van der Waals surface area contributed by atoms with Gasteiger partial charge in [-0.05, 0) is 56.3 Å². The lowest BCUT2D eigenvalue weighted by molar-refractivity contribution is 0.601. The van der Waals surface area contributed by atoms with Crippen LogP contribution in [0.15, 0.2) is 41.4 Å². The molecule has 21 heavy (non-hydrogen) atoms. The van der Waals surface area contributed by atoms with Gasteiger partial charge >= 0.3 is 0 Å². The first-order valence-electron chi connectivity index (χ1n) is 6.62. The maximum Gasteiger partial charge on any atom is 0.261 e. The third-order valence-corrected chi connectivity index (χ3v) is 4.54. The number of anilines is 1. The largest absolute Gasteiger partial charge is 0.316 e. The molecule has 0 fully saturated rings. The second-order valence-corrected chi connectivity index (χ2v) is 6.59. The lowest BCUT2D eigenvalue weighted by Crippen LogP contribution is -2.14. The summed E-state index contributed by atoms with van der Waals surface area (Å²) >= 11 is 0. The van der Waals surface area contributed by atoms with Gasteiger partial charge in [0.15, 0.2) is 0 Å². The third-order valence-electron chi connectivity index (χ3n) is 3.16. The Balaban J connectivity index is 2.31. The molecule has 0 aliphatic carbocycles. The molecule has 5 nitrogen and oxygen atoms in total. The molecule has 0 saturated heterocycles. The van der Waals surface area contributed by atoms with Gasteiger partial charge in [0.25, 0.3) is 10.0 Å². The van der Waals surface area contributed by atoms with Crippen LogP contribution in [0, 0.1) is 13.8 Å². The van der Waals surface area contributed by atoms with Crippen LogP contribution in [0.3, 0.4) is 0 Å². The van der Waals surface area contributed by atoms with E-state index in [-0.39, 0.29) is 4.90 Å². The Bertz CT molecular complexity index is 725. The molecule has 0 bridgehead atoms. The average molecular weight is 305 g/mol. The van der Waals surface area contributed by atoms with Crippen LogP contribution in [0.4, 0.5) is 5.69 Å². The lowest BCUT2D eigenvalue weighted by atomic mass is 10.1. The van der Waals surface area contributed by atoms with Crippen molar-refractivity contribution < 1.29 is 8.42 Å². The van der Waals surface area contributed by atoms with Crippen LogP contribution in [-0.4, -0.2) is 20.4 Å². The molecule has 0 atom stereocenters. The minimum Gasteiger partial charge on any atom is -0.316 e. The Labute approximate surface area is 125 Å². The number of aromatic nitrogens is 1. The summed E-state index contributed by atoms with van der Waals surface area (Å²) < 4.78 is 27.3. The summed E-state index contributed by atoms with van der Waals surface area (Å²) in [5.41, 5.74) is 3.31. The van der Waals surface area contributed by atoms with E-state index in [1.807, 2.05) is 27.0 Å². The number of nitrogens with zero attached hydrogens (tertiary/aromatic N) is 1. The van der Waals surface area contributed by atoms with Gasteiger partial charge in [0.2, 0.25) is 0 Å². The number of sulfonamides is 1. The van der Waals surface area contributed by atoms with Gasteiger partial charge in [-0.25, -0.2) is 8.42 Å². The van der Waals surface area contributed by atoms with Crippen molar-refractivity contribution in [3.63, 3.8) is 0 Å². The van der Waals surface area contributed by atoms with Crippen LogP contribution in [0.25, 0.3) is 0 Å². The Morgan fingerprint density at radius 3 is 2.52 bits per heavy atom. The molecule has 0 aliphatic heterocycles. The predicted molar refractivity (Wildman–Crippen MR) is 83.7 cm³/mol. The number of nitrogens with one attached hydrogen (secondary N) is 2. The molecule has 2 rings (SSSR count). The van der Waals surface area contributed by atoms with E-state index in [1.165, 1.54) is 6.20 Å². The standard InChI is InChI=1S/C15H19N3O2S/c1-11-4-7-15(8-13(11)9-16-3)21(19,20)18-14-6-5-12(2)17-10-14/h4-8,10,16,18H,9H2,1-3H3. The fraction of sp³-hybridized carbons (Fsp3) is 0.267. The van der Waals surface area contributed by atoms with Gasteiger partial charge in [-0.2, -0.15) is 0 Å². The fourth-order valence-corrected chi connectivity index (χ4v) is 3.03. The summed E-state index contributed by atoms with van der Waals surface area (Å²) in [5.74, 6) is 0. The molecule has 0 spiro atoms. The third kappa shape index (κ3) is 3.80. The van der Waals surface area contributed by atoms with E-state index in [1.54, 1.807) is 24.3 Å². The van der Waals surface area contributed by atoms with Crippen LogP contribution < -0.4 is 10.0 Å². The molecule has 0 amide bonds. The fourth-order valence-electron chi connectivity index (χ4n) is 1.94. The number of aryl methyl sites for hydroxylation is 2. The van der Waals surface area contributed by atoms with Crippen LogP contribution in [0.1, 0.15) is 16.8 Å². The Kier molecular flexibility index (Phi) is 4.59. The summed E-state index contributed by atoms with van der Waals surface area (Å²) in [6.07, 6.45) is 1.51. The smallest absolute Gasteiger partial charge is 0.261 e. The molecule has 0 unspecified atom stereocenters. The summed E-state index contributed by atoms with van der Waals surface area (Å²) in [6.45, 7) is 4.43. The zero-order valence-corrected chi connectivity index (χ0v) is 13.2. The number of hydrogen-bond acceptors (Lipinski definition) is 4. The maximum absolute atomic E-state index is 12.4. The van der Waals surface area contributed by atoms with Crippen molar-refractivity contribution in [3.8, 4) is 0 Å². The van der Waals surface area contributed by atoms with Gasteiger partial charge in [-0.1, -0.05) is 6.07 Å². The first-order chi connectivity index (χ1) is 9.92. The molecular formula is C15H19N3O2S. The highest BCUT2D eigenvalue weighted by Crippen LogP contribution is 2.19. The molecule has 2 aromatic rings. The number of benzene rings is 1. The average Bonchev–Trinajstić information content (AvgIpc) is 2.43.